The second-order valence-electron chi connectivity index (χ2n) is 6.19. The molecule has 24 heavy (non-hydrogen) atoms. The zero-order valence-corrected chi connectivity index (χ0v) is 15.4. The van der Waals surface area contributed by atoms with E-state index in [-0.39, 0.29) is 0 Å². The minimum Gasteiger partial charge on any atom is -0.0620 e. The third-order valence-corrected chi connectivity index (χ3v) is 5.01. The predicted molar refractivity (Wildman–Crippen MR) is 105 cm³/mol. The first kappa shape index (κ1) is 16.5. The molecule has 0 spiro atoms. The van der Waals surface area contributed by atoms with Gasteiger partial charge in [-0.15, -0.1) is 0 Å². The Morgan fingerprint density at radius 2 is 0.875 bits per heavy atom. The van der Waals surface area contributed by atoms with Gasteiger partial charge < -0.3 is 0 Å². The quantitative estimate of drug-likeness (QED) is 0.428. The Balaban J connectivity index is 2.36. The second kappa shape index (κ2) is 7.02. The van der Waals surface area contributed by atoms with Gasteiger partial charge in [0.1, 0.15) is 0 Å². The summed E-state index contributed by atoms with van der Waals surface area (Å²) in [5.74, 6) is 0. The fraction of sp³-hybridized carbons (Fsp3) is 0.130. The van der Waals surface area contributed by atoms with Gasteiger partial charge in [-0.1, -0.05) is 78.0 Å². The summed E-state index contributed by atoms with van der Waals surface area (Å²) in [6, 6.07) is 25.7. The van der Waals surface area contributed by atoms with E-state index < -0.39 is 0 Å². The molecule has 3 aromatic rings. The van der Waals surface area contributed by atoms with E-state index in [9.17, 15) is 0 Å². The van der Waals surface area contributed by atoms with Gasteiger partial charge in [0.05, 0.1) is 10.2 Å². The lowest BCUT2D eigenvalue weighted by Gasteiger charge is -2.19. The average molecular weight is 326 g/mol. The molecule has 0 bridgehead atoms. The monoisotopic (exact) mass is 325 g/mol. The van der Waals surface area contributed by atoms with Crippen molar-refractivity contribution >= 4 is 21.0 Å². The summed E-state index contributed by atoms with van der Waals surface area (Å²) in [4.78, 5) is 0. The van der Waals surface area contributed by atoms with E-state index in [1.54, 1.807) is 0 Å². The van der Waals surface area contributed by atoms with Crippen LogP contribution in [0.2, 0.25) is 0 Å². The minimum absolute atomic E-state index is 1.14. The summed E-state index contributed by atoms with van der Waals surface area (Å²) in [5, 5.41) is 1.14. The molecule has 0 amide bonds. The van der Waals surface area contributed by atoms with Gasteiger partial charge in [0.2, 0.25) is 0 Å². The van der Waals surface area contributed by atoms with E-state index in [1.165, 1.54) is 39.0 Å². The number of hydrogen-bond donors (Lipinski definition) is 0. The Morgan fingerprint density at radius 3 is 1.25 bits per heavy atom. The SMILES string of the molecule is Cc1ccccc1C([Si])=C(c1ccccc1C)c1ccccc1C. The summed E-state index contributed by atoms with van der Waals surface area (Å²) < 4.78 is 0. The zero-order chi connectivity index (χ0) is 17.1. The molecule has 0 aromatic heterocycles. The number of hydrogen-bond acceptors (Lipinski definition) is 0. The van der Waals surface area contributed by atoms with E-state index >= 15 is 0 Å². The molecule has 0 aliphatic rings. The maximum Gasteiger partial charge on any atom is 0.0729 e. The summed E-state index contributed by atoms with van der Waals surface area (Å²) in [5.41, 5.74) is 8.83. The van der Waals surface area contributed by atoms with Crippen molar-refractivity contribution in [3.63, 3.8) is 0 Å². The van der Waals surface area contributed by atoms with E-state index in [2.05, 4.69) is 104 Å². The highest BCUT2D eigenvalue weighted by atomic mass is 28.1. The van der Waals surface area contributed by atoms with Crippen molar-refractivity contribution in [2.24, 2.45) is 0 Å². The fourth-order valence-corrected chi connectivity index (χ4v) is 3.66. The standard InChI is InChI=1S/C23H21Si/c1-16-10-4-7-13-19(16)22(20-14-8-5-11-17(20)2)23(24)21-15-9-6-12-18(21)3/h4-15H,1-3H3. The van der Waals surface area contributed by atoms with Crippen molar-refractivity contribution in [3.8, 4) is 0 Å². The van der Waals surface area contributed by atoms with Crippen LogP contribution in [0.3, 0.4) is 0 Å². The summed E-state index contributed by atoms with van der Waals surface area (Å²) in [6.45, 7) is 6.50. The van der Waals surface area contributed by atoms with Crippen LogP contribution in [0.4, 0.5) is 0 Å². The van der Waals surface area contributed by atoms with Crippen molar-refractivity contribution in [1.82, 2.24) is 0 Å². The Morgan fingerprint density at radius 1 is 0.542 bits per heavy atom. The fourth-order valence-electron chi connectivity index (χ4n) is 3.11. The lowest BCUT2D eigenvalue weighted by Crippen LogP contribution is -2.00. The molecule has 0 saturated carbocycles. The van der Waals surface area contributed by atoms with Crippen LogP contribution >= 0.6 is 0 Å². The second-order valence-corrected chi connectivity index (χ2v) is 6.69. The molecule has 3 aromatic carbocycles. The zero-order valence-electron chi connectivity index (χ0n) is 14.4. The van der Waals surface area contributed by atoms with Gasteiger partial charge in [0.25, 0.3) is 0 Å². The van der Waals surface area contributed by atoms with Crippen LogP contribution < -0.4 is 0 Å². The van der Waals surface area contributed by atoms with Crippen molar-refractivity contribution in [3.05, 3.63) is 106 Å². The highest BCUT2D eigenvalue weighted by molar-refractivity contribution is 6.48. The van der Waals surface area contributed by atoms with E-state index in [4.69, 9.17) is 0 Å². The van der Waals surface area contributed by atoms with E-state index in [1.807, 2.05) is 0 Å². The number of rotatable bonds is 3. The van der Waals surface area contributed by atoms with Gasteiger partial charge in [0.15, 0.2) is 0 Å². The largest absolute Gasteiger partial charge is 0.0729 e. The summed E-state index contributed by atoms with van der Waals surface area (Å²) >= 11 is 0. The molecule has 117 valence electrons. The number of aryl methyl sites for hydroxylation is 3. The van der Waals surface area contributed by atoms with Crippen molar-refractivity contribution < 1.29 is 0 Å². The normalized spacial score (nSPS) is 10.5. The molecule has 0 heterocycles. The molecule has 3 radical (unpaired) electrons. The topological polar surface area (TPSA) is 0 Å². The smallest absolute Gasteiger partial charge is 0.0620 e. The first-order valence-corrected chi connectivity index (χ1v) is 8.73. The minimum atomic E-state index is 1.14. The van der Waals surface area contributed by atoms with Crippen LogP contribution in [0.25, 0.3) is 10.8 Å². The molecule has 0 atom stereocenters. The molecular weight excluding hydrogens is 304 g/mol. The lowest BCUT2D eigenvalue weighted by atomic mass is 9.89. The van der Waals surface area contributed by atoms with Crippen molar-refractivity contribution in [2.75, 3.05) is 0 Å². The average Bonchev–Trinajstić information content (AvgIpc) is 2.58. The Kier molecular flexibility index (Phi) is 4.82. The Bertz CT molecular complexity index is 856. The molecule has 0 unspecified atom stereocenters. The molecule has 0 N–H and O–H groups in total. The van der Waals surface area contributed by atoms with Crippen molar-refractivity contribution in [1.29, 1.82) is 0 Å². The van der Waals surface area contributed by atoms with Gasteiger partial charge in [0, 0.05) is 0 Å². The molecule has 3 rings (SSSR count). The van der Waals surface area contributed by atoms with Gasteiger partial charge in [-0.3, -0.25) is 0 Å². The molecule has 0 fully saturated rings. The van der Waals surface area contributed by atoms with E-state index in [0.29, 0.717) is 0 Å². The van der Waals surface area contributed by atoms with Crippen LogP contribution in [-0.4, -0.2) is 10.2 Å². The molecule has 0 aliphatic carbocycles. The molecular formula is C23H21Si. The van der Waals surface area contributed by atoms with Crippen LogP contribution in [0.1, 0.15) is 33.4 Å². The molecule has 1 heteroatoms. The summed E-state index contributed by atoms with van der Waals surface area (Å²) in [6.07, 6.45) is 0. The van der Waals surface area contributed by atoms with Crippen molar-refractivity contribution in [2.45, 2.75) is 20.8 Å². The van der Waals surface area contributed by atoms with Crippen LogP contribution in [-0.2, 0) is 0 Å². The summed E-state index contributed by atoms with van der Waals surface area (Å²) in [7, 11) is 3.99. The first-order chi connectivity index (χ1) is 11.6. The highest BCUT2D eigenvalue weighted by Gasteiger charge is 2.15. The first-order valence-electron chi connectivity index (χ1n) is 8.23. The molecule has 0 nitrogen and oxygen atoms in total. The van der Waals surface area contributed by atoms with Crippen LogP contribution in [0, 0.1) is 20.8 Å². The Hall–Kier alpha value is -2.38. The maximum absolute atomic E-state index is 3.99. The highest BCUT2D eigenvalue weighted by Crippen LogP contribution is 2.34. The van der Waals surface area contributed by atoms with Gasteiger partial charge in [-0.25, -0.2) is 0 Å². The molecule has 0 saturated heterocycles. The van der Waals surface area contributed by atoms with Gasteiger partial charge >= 0.3 is 0 Å². The third kappa shape index (κ3) is 3.13. The lowest BCUT2D eigenvalue weighted by molar-refractivity contribution is 1.37. The predicted octanol–water partition coefficient (Wildman–Crippen LogP) is 5.70. The Labute approximate surface area is 148 Å². The molecule has 0 aliphatic heterocycles. The third-order valence-electron chi connectivity index (χ3n) is 4.49. The van der Waals surface area contributed by atoms with Crippen LogP contribution in [0.15, 0.2) is 72.8 Å². The van der Waals surface area contributed by atoms with Gasteiger partial charge in [-0.2, -0.15) is 0 Å². The van der Waals surface area contributed by atoms with Crippen LogP contribution in [0.5, 0.6) is 0 Å². The van der Waals surface area contributed by atoms with Gasteiger partial charge in [-0.05, 0) is 59.7 Å². The maximum atomic E-state index is 3.99. The number of benzene rings is 3. The van der Waals surface area contributed by atoms with E-state index in [0.717, 1.165) is 5.20 Å².